The number of benzene rings is 2. The first-order valence-corrected chi connectivity index (χ1v) is 10.9. The van der Waals surface area contributed by atoms with Gasteiger partial charge in [0.2, 0.25) is 0 Å². The second kappa shape index (κ2) is 8.99. The number of nitrogens with one attached hydrogen (secondary N) is 1. The van der Waals surface area contributed by atoms with Crippen LogP contribution in [0.1, 0.15) is 34.3 Å². The van der Waals surface area contributed by atoms with E-state index >= 15 is 0 Å². The number of fused-ring (bicyclic) bond motifs is 1. The Morgan fingerprint density at radius 1 is 1.25 bits per heavy atom. The number of likely N-dealkylation sites (N-methyl/N-ethyl adjacent to an activating group) is 1. The number of carbonyl (C=O) groups excluding carboxylic acids is 2. The van der Waals surface area contributed by atoms with Gasteiger partial charge in [-0.1, -0.05) is 23.9 Å². The minimum absolute atomic E-state index is 0.0364. The van der Waals surface area contributed by atoms with Crippen molar-refractivity contribution in [1.82, 2.24) is 5.32 Å². The van der Waals surface area contributed by atoms with Crippen LogP contribution in [0.2, 0.25) is 0 Å². The summed E-state index contributed by atoms with van der Waals surface area (Å²) in [5, 5.41) is 2.86. The highest BCUT2D eigenvalue weighted by Crippen LogP contribution is 2.42. The van der Waals surface area contributed by atoms with Crippen LogP contribution in [0.3, 0.4) is 0 Å². The van der Waals surface area contributed by atoms with E-state index in [1.165, 1.54) is 28.8 Å². The Hall–Kier alpha value is -2.78. The third-order valence-corrected chi connectivity index (χ3v) is 6.45. The highest BCUT2D eigenvalue weighted by atomic mass is 32.2. The summed E-state index contributed by atoms with van der Waals surface area (Å²) in [4.78, 5) is 28.0. The standard InChI is InChI=1S/C23H21F3N2O3S/c1-28-18-12-15(21(29)27-13-17-3-2-10-31-17)6-9-19(18)32-20(22(28)30)11-14-4-7-16(8-5-14)23(24,25)26/h4-9,11-12,17H,2-3,10,13H2,1H3,(H,27,29)/b20-11-/t17-/m1/s1. The van der Waals surface area contributed by atoms with E-state index in [9.17, 15) is 22.8 Å². The van der Waals surface area contributed by atoms with Gasteiger partial charge in [-0.15, -0.1) is 0 Å². The van der Waals surface area contributed by atoms with Gasteiger partial charge in [0.05, 0.1) is 22.3 Å². The summed E-state index contributed by atoms with van der Waals surface area (Å²) in [5.41, 5.74) is 0.803. The maximum Gasteiger partial charge on any atom is 0.416 e. The minimum Gasteiger partial charge on any atom is -0.376 e. The van der Waals surface area contributed by atoms with Crippen LogP contribution in [0.5, 0.6) is 0 Å². The number of thioether (sulfide) groups is 1. The molecule has 2 aromatic carbocycles. The third-order valence-electron chi connectivity index (χ3n) is 5.37. The summed E-state index contributed by atoms with van der Waals surface area (Å²) in [6, 6.07) is 9.77. The molecule has 0 bridgehead atoms. The lowest BCUT2D eigenvalue weighted by molar-refractivity contribution is -0.137. The number of nitrogens with zero attached hydrogens (tertiary/aromatic N) is 1. The van der Waals surface area contributed by atoms with Crippen LogP contribution in [-0.2, 0) is 15.7 Å². The van der Waals surface area contributed by atoms with Crippen molar-refractivity contribution in [2.24, 2.45) is 0 Å². The summed E-state index contributed by atoms with van der Waals surface area (Å²) in [7, 11) is 1.61. The van der Waals surface area contributed by atoms with Crippen molar-refractivity contribution in [2.75, 3.05) is 25.1 Å². The highest BCUT2D eigenvalue weighted by Gasteiger charge is 2.30. The van der Waals surface area contributed by atoms with Gasteiger partial charge >= 0.3 is 6.18 Å². The van der Waals surface area contributed by atoms with Gasteiger partial charge < -0.3 is 15.0 Å². The summed E-state index contributed by atoms with van der Waals surface area (Å²) < 4.78 is 43.8. The molecule has 0 aromatic heterocycles. The molecule has 1 atom stereocenters. The maximum absolute atomic E-state index is 12.8. The number of anilines is 1. The van der Waals surface area contributed by atoms with Gasteiger partial charge in [-0.2, -0.15) is 13.2 Å². The number of carbonyl (C=O) groups is 2. The van der Waals surface area contributed by atoms with E-state index in [0.29, 0.717) is 34.9 Å². The Morgan fingerprint density at radius 3 is 2.66 bits per heavy atom. The fourth-order valence-electron chi connectivity index (χ4n) is 3.57. The fraction of sp³-hybridized carbons (Fsp3) is 0.304. The molecule has 0 saturated carbocycles. The molecule has 2 aromatic rings. The zero-order valence-electron chi connectivity index (χ0n) is 17.2. The Morgan fingerprint density at radius 2 is 2.00 bits per heavy atom. The molecular weight excluding hydrogens is 441 g/mol. The van der Waals surface area contributed by atoms with Crippen LogP contribution in [0.15, 0.2) is 52.3 Å². The molecule has 0 spiro atoms. The van der Waals surface area contributed by atoms with Gasteiger partial charge in [0, 0.05) is 30.7 Å². The van der Waals surface area contributed by atoms with E-state index in [1.54, 1.807) is 31.3 Å². The number of hydrogen-bond donors (Lipinski definition) is 1. The third kappa shape index (κ3) is 4.83. The smallest absolute Gasteiger partial charge is 0.376 e. The molecule has 9 heteroatoms. The second-order valence-electron chi connectivity index (χ2n) is 7.62. The topological polar surface area (TPSA) is 58.6 Å². The van der Waals surface area contributed by atoms with Crippen molar-refractivity contribution < 1.29 is 27.5 Å². The van der Waals surface area contributed by atoms with Crippen LogP contribution < -0.4 is 10.2 Å². The van der Waals surface area contributed by atoms with Crippen molar-refractivity contribution in [1.29, 1.82) is 0 Å². The SMILES string of the molecule is CN1C(=O)/C(=C/c2ccc(C(F)(F)F)cc2)Sc2ccc(C(=O)NC[C@H]3CCCO3)cc21. The first kappa shape index (κ1) is 22.4. The van der Waals surface area contributed by atoms with Gasteiger partial charge in [-0.25, -0.2) is 0 Å². The Balaban J connectivity index is 1.51. The number of rotatable bonds is 4. The van der Waals surface area contributed by atoms with Crippen LogP contribution in [-0.4, -0.2) is 38.1 Å². The number of amides is 2. The van der Waals surface area contributed by atoms with E-state index in [4.69, 9.17) is 4.74 Å². The zero-order chi connectivity index (χ0) is 22.9. The molecule has 1 fully saturated rings. The predicted octanol–water partition coefficient (Wildman–Crippen LogP) is 4.72. The van der Waals surface area contributed by atoms with Gasteiger partial charge in [0.25, 0.3) is 11.8 Å². The quantitative estimate of drug-likeness (QED) is 0.668. The molecule has 4 rings (SSSR count). The average Bonchev–Trinajstić information content (AvgIpc) is 3.29. The number of alkyl halides is 3. The zero-order valence-corrected chi connectivity index (χ0v) is 18.1. The van der Waals surface area contributed by atoms with Gasteiger partial charge in [-0.3, -0.25) is 9.59 Å². The highest BCUT2D eigenvalue weighted by molar-refractivity contribution is 8.04. The molecule has 0 aliphatic carbocycles. The number of hydrogen-bond acceptors (Lipinski definition) is 4. The normalized spacial score (nSPS) is 19.9. The van der Waals surface area contributed by atoms with Gasteiger partial charge in [0.15, 0.2) is 0 Å². The van der Waals surface area contributed by atoms with Crippen LogP contribution in [0, 0.1) is 0 Å². The summed E-state index contributed by atoms with van der Waals surface area (Å²) in [6.07, 6.45) is -0.893. The lowest BCUT2D eigenvalue weighted by Gasteiger charge is -2.27. The van der Waals surface area contributed by atoms with E-state index in [-0.39, 0.29) is 17.9 Å². The van der Waals surface area contributed by atoms with Crippen molar-refractivity contribution in [3.05, 3.63) is 64.1 Å². The summed E-state index contributed by atoms with van der Waals surface area (Å²) in [5.74, 6) is -0.528. The van der Waals surface area contributed by atoms with E-state index in [1.807, 2.05) is 0 Å². The fourth-order valence-corrected chi connectivity index (χ4v) is 4.66. The molecule has 32 heavy (non-hydrogen) atoms. The molecule has 0 radical (unpaired) electrons. The lowest BCUT2D eigenvalue weighted by Crippen LogP contribution is -2.33. The summed E-state index contributed by atoms with van der Waals surface area (Å²) in [6.45, 7) is 1.16. The molecule has 1 N–H and O–H groups in total. The second-order valence-corrected chi connectivity index (χ2v) is 8.71. The van der Waals surface area contributed by atoms with Crippen molar-refractivity contribution in [3.63, 3.8) is 0 Å². The van der Waals surface area contributed by atoms with E-state index in [2.05, 4.69) is 5.32 Å². The average molecular weight is 462 g/mol. The Labute approximate surface area is 187 Å². The molecule has 1 saturated heterocycles. The molecule has 0 unspecified atom stereocenters. The summed E-state index contributed by atoms with van der Waals surface area (Å²) >= 11 is 1.22. The minimum atomic E-state index is -4.41. The number of ether oxygens (including phenoxy) is 1. The lowest BCUT2D eigenvalue weighted by atomic mass is 10.1. The van der Waals surface area contributed by atoms with Crippen molar-refractivity contribution >= 4 is 35.3 Å². The Bertz CT molecular complexity index is 1060. The first-order chi connectivity index (χ1) is 15.2. The van der Waals surface area contributed by atoms with Crippen molar-refractivity contribution in [2.45, 2.75) is 30.0 Å². The molecule has 2 heterocycles. The predicted molar refractivity (Wildman–Crippen MR) is 116 cm³/mol. The first-order valence-electron chi connectivity index (χ1n) is 10.1. The van der Waals surface area contributed by atoms with Gasteiger partial charge in [0.1, 0.15) is 0 Å². The number of halogens is 3. The van der Waals surface area contributed by atoms with Crippen LogP contribution in [0.25, 0.3) is 6.08 Å². The molecule has 5 nitrogen and oxygen atoms in total. The van der Waals surface area contributed by atoms with Crippen LogP contribution >= 0.6 is 11.8 Å². The molecular formula is C23H21F3N2O3S. The van der Waals surface area contributed by atoms with Crippen LogP contribution in [0.4, 0.5) is 18.9 Å². The molecule has 2 aliphatic heterocycles. The molecule has 168 valence electrons. The van der Waals surface area contributed by atoms with Gasteiger partial charge in [-0.05, 0) is 54.8 Å². The van der Waals surface area contributed by atoms with Crippen molar-refractivity contribution in [3.8, 4) is 0 Å². The maximum atomic E-state index is 12.8. The largest absolute Gasteiger partial charge is 0.416 e. The molecule has 2 aliphatic rings. The van der Waals surface area contributed by atoms with E-state index < -0.39 is 11.7 Å². The molecule has 2 amide bonds. The Kier molecular flexibility index (Phi) is 6.30. The monoisotopic (exact) mass is 462 g/mol. The van der Waals surface area contributed by atoms with E-state index in [0.717, 1.165) is 29.9 Å².